The summed E-state index contributed by atoms with van der Waals surface area (Å²) in [4.78, 5) is 8.37. The van der Waals surface area contributed by atoms with Crippen LogP contribution in [0.1, 0.15) is 16.9 Å². The Kier molecular flexibility index (Phi) is 5.23. The molecule has 0 bridgehead atoms. The van der Waals surface area contributed by atoms with Gasteiger partial charge in [-0.3, -0.25) is 0 Å². The first-order chi connectivity index (χ1) is 10.00. The van der Waals surface area contributed by atoms with Crippen LogP contribution < -0.4 is 5.32 Å². The molecule has 2 aromatic heterocycles. The van der Waals surface area contributed by atoms with Crippen LogP contribution in [0.4, 0.5) is 0 Å². The fourth-order valence-electron chi connectivity index (χ4n) is 2.47. The van der Waals surface area contributed by atoms with Crippen LogP contribution in [0, 0.1) is 6.92 Å². The van der Waals surface area contributed by atoms with Gasteiger partial charge in [0.2, 0.25) is 0 Å². The Labute approximate surface area is 139 Å². The second-order valence-electron chi connectivity index (χ2n) is 4.93. The average Bonchev–Trinajstić information content (AvgIpc) is 3.08. The van der Waals surface area contributed by atoms with Crippen molar-refractivity contribution in [3.05, 3.63) is 29.4 Å². The Morgan fingerprint density at radius 2 is 2.18 bits per heavy atom. The molecule has 1 saturated heterocycles. The molecule has 0 aromatic carbocycles. The summed E-state index contributed by atoms with van der Waals surface area (Å²) >= 11 is 1.20. The first-order valence-electron chi connectivity index (χ1n) is 6.62. The molecular formula is C12H18ClN5O2S2. The Balaban J connectivity index is 0.00000176. The van der Waals surface area contributed by atoms with Gasteiger partial charge in [-0.25, -0.2) is 18.4 Å². The number of rotatable bonds is 3. The lowest BCUT2D eigenvalue weighted by molar-refractivity contribution is 0.259. The third kappa shape index (κ3) is 3.04. The summed E-state index contributed by atoms with van der Waals surface area (Å²) in [5, 5.41) is 3.98. The Bertz CT molecular complexity index is 742. The number of nitrogens with zero attached hydrogens (tertiary/aromatic N) is 4. The lowest BCUT2D eigenvalue weighted by atomic mass is 10.2. The van der Waals surface area contributed by atoms with Crippen molar-refractivity contribution < 1.29 is 8.42 Å². The third-order valence-corrected chi connectivity index (χ3v) is 6.77. The molecule has 3 heterocycles. The lowest BCUT2D eigenvalue weighted by Crippen LogP contribution is -2.49. The van der Waals surface area contributed by atoms with Crippen LogP contribution in [0.25, 0.3) is 0 Å². The van der Waals surface area contributed by atoms with E-state index in [-0.39, 0.29) is 18.4 Å². The summed E-state index contributed by atoms with van der Waals surface area (Å²) in [6.45, 7) is 3.42. The smallest absolute Gasteiger partial charge is 0.254 e. The van der Waals surface area contributed by atoms with E-state index in [4.69, 9.17) is 0 Å². The summed E-state index contributed by atoms with van der Waals surface area (Å²) in [7, 11) is -1.66. The van der Waals surface area contributed by atoms with E-state index in [9.17, 15) is 8.42 Å². The molecule has 0 saturated carbocycles. The second-order valence-corrected chi connectivity index (χ2v) is 8.28. The summed E-state index contributed by atoms with van der Waals surface area (Å²) in [6.07, 6.45) is 4.95. The van der Waals surface area contributed by atoms with E-state index in [1.165, 1.54) is 21.8 Å². The van der Waals surface area contributed by atoms with Gasteiger partial charge in [0.25, 0.3) is 10.0 Å². The number of hydrogen-bond donors (Lipinski definition) is 1. The molecule has 0 radical (unpaired) electrons. The topological polar surface area (TPSA) is 80.1 Å². The molecule has 122 valence electrons. The molecule has 1 aliphatic rings. The third-order valence-electron chi connectivity index (χ3n) is 3.51. The summed E-state index contributed by atoms with van der Waals surface area (Å²) in [5.41, 5.74) is 0. The maximum absolute atomic E-state index is 12.8. The molecule has 2 aromatic rings. The summed E-state index contributed by atoms with van der Waals surface area (Å²) in [6, 6.07) is -0.300. The van der Waals surface area contributed by atoms with Crippen LogP contribution in [0.3, 0.4) is 0 Å². The van der Waals surface area contributed by atoms with Gasteiger partial charge in [0, 0.05) is 39.1 Å². The molecule has 22 heavy (non-hydrogen) atoms. The Hall–Kier alpha value is -1.00. The molecule has 1 aliphatic heterocycles. The summed E-state index contributed by atoms with van der Waals surface area (Å²) in [5.74, 6) is 0.743. The van der Waals surface area contributed by atoms with Crippen LogP contribution in [-0.2, 0) is 17.1 Å². The molecule has 0 aliphatic carbocycles. The van der Waals surface area contributed by atoms with Crippen molar-refractivity contribution >= 4 is 33.8 Å². The van der Waals surface area contributed by atoms with Gasteiger partial charge in [-0.1, -0.05) is 0 Å². The molecule has 0 spiro atoms. The minimum atomic E-state index is -3.54. The molecule has 7 nitrogen and oxygen atoms in total. The minimum absolute atomic E-state index is 0. The zero-order chi connectivity index (χ0) is 15.0. The number of thiazole rings is 1. The van der Waals surface area contributed by atoms with E-state index in [1.54, 1.807) is 13.1 Å². The Morgan fingerprint density at radius 3 is 2.77 bits per heavy atom. The van der Waals surface area contributed by atoms with Gasteiger partial charge in [-0.2, -0.15) is 4.31 Å². The molecule has 0 amide bonds. The highest BCUT2D eigenvalue weighted by Gasteiger charge is 2.37. The molecule has 10 heteroatoms. The largest absolute Gasteiger partial charge is 0.337 e. The van der Waals surface area contributed by atoms with Crippen LogP contribution >= 0.6 is 23.7 Å². The highest BCUT2D eigenvalue weighted by molar-refractivity contribution is 7.91. The van der Waals surface area contributed by atoms with Crippen molar-refractivity contribution in [2.75, 3.05) is 19.6 Å². The number of piperazine rings is 1. The minimum Gasteiger partial charge on any atom is -0.337 e. The average molecular weight is 364 g/mol. The fourth-order valence-corrected chi connectivity index (χ4v) is 5.29. The molecule has 1 atom stereocenters. The standard InChI is InChI=1S/C12H17N5O2S2.ClH/c1-9-15-8-11(20-9)21(18,19)17-6-3-13-7-10(17)12-14-4-5-16(12)2;/h4-5,8,10,13H,3,6-7H2,1-2H3;1H. The maximum Gasteiger partial charge on any atom is 0.254 e. The summed E-state index contributed by atoms with van der Waals surface area (Å²) < 4.78 is 29.4. The number of nitrogens with one attached hydrogen (secondary N) is 1. The number of sulfonamides is 1. The van der Waals surface area contributed by atoms with Gasteiger partial charge in [-0.05, 0) is 6.92 Å². The number of hydrogen-bond acceptors (Lipinski definition) is 6. The molecule has 3 rings (SSSR count). The number of halogens is 1. The highest BCUT2D eigenvalue weighted by atomic mass is 35.5. The number of imidazole rings is 1. The van der Waals surface area contributed by atoms with Crippen LogP contribution in [0.2, 0.25) is 0 Å². The predicted molar refractivity (Wildman–Crippen MR) is 86.8 cm³/mol. The SMILES string of the molecule is Cc1ncc(S(=O)(=O)N2CCNCC2c2nccn2C)s1.Cl. The first-order valence-corrected chi connectivity index (χ1v) is 8.88. The lowest BCUT2D eigenvalue weighted by Gasteiger charge is -2.34. The van der Waals surface area contributed by atoms with Gasteiger partial charge < -0.3 is 9.88 Å². The second kappa shape index (κ2) is 6.63. The first kappa shape index (κ1) is 17.4. The van der Waals surface area contributed by atoms with Crippen molar-refractivity contribution in [3.63, 3.8) is 0 Å². The maximum atomic E-state index is 12.8. The normalized spacial score (nSPS) is 19.8. The highest BCUT2D eigenvalue weighted by Crippen LogP contribution is 2.30. The van der Waals surface area contributed by atoms with E-state index in [0.29, 0.717) is 23.8 Å². The zero-order valence-electron chi connectivity index (χ0n) is 12.3. The van der Waals surface area contributed by atoms with Crippen molar-refractivity contribution in [2.45, 2.75) is 17.2 Å². The zero-order valence-corrected chi connectivity index (χ0v) is 14.7. The van der Waals surface area contributed by atoms with Crippen LogP contribution in [0.15, 0.2) is 22.8 Å². The Morgan fingerprint density at radius 1 is 1.41 bits per heavy atom. The van der Waals surface area contributed by atoms with E-state index in [0.717, 1.165) is 10.8 Å². The van der Waals surface area contributed by atoms with Gasteiger partial charge in [0.05, 0.1) is 17.2 Å². The van der Waals surface area contributed by atoms with Crippen molar-refractivity contribution in [3.8, 4) is 0 Å². The van der Waals surface area contributed by atoms with E-state index < -0.39 is 10.0 Å². The molecular weight excluding hydrogens is 346 g/mol. The van der Waals surface area contributed by atoms with Crippen molar-refractivity contribution in [1.29, 1.82) is 0 Å². The van der Waals surface area contributed by atoms with Crippen molar-refractivity contribution in [2.24, 2.45) is 7.05 Å². The van der Waals surface area contributed by atoms with E-state index in [1.807, 2.05) is 17.8 Å². The molecule has 1 unspecified atom stereocenters. The fraction of sp³-hybridized carbons (Fsp3) is 0.500. The van der Waals surface area contributed by atoms with Gasteiger partial charge >= 0.3 is 0 Å². The van der Waals surface area contributed by atoms with Gasteiger partial charge in [0.1, 0.15) is 5.82 Å². The van der Waals surface area contributed by atoms with E-state index >= 15 is 0 Å². The van der Waals surface area contributed by atoms with Gasteiger partial charge in [0.15, 0.2) is 4.21 Å². The van der Waals surface area contributed by atoms with E-state index in [2.05, 4.69) is 15.3 Å². The number of aromatic nitrogens is 3. The molecule has 1 fully saturated rings. The van der Waals surface area contributed by atoms with Crippen LogP contribution in [0.5, 0.6) is 0 Å². The van der Waals surface area contributed by atoms with Gasteiger partial charge in [-0.15, -0.1) is 23.7 Å². The van der Waals surface area contributed by atoms with Crippen LogP contribution in [-0.4, -0.2) is 46.9 Å². The van der Waals surface area contributed by atoms with Crippen molar-refractivity contribution in [1.82, 2.24) is 24.2 Å². The monoisotopic (exact) mass is 363 g/mol. The predicted octanol–water partition coefficient (Wildman–Crippen LogP) is 0.942. The number of aryl methyl sites for hydroxylation is 2. The molecule has 1 N–H and O–H groups in total. The quantitative estimate of drug-likeness (QED) is 0.877.